The molecule has 7 heteroatoms. The zero-order valence-corrected chi connectivity index (χ0v) is 15.4. The maximum atomic E-state index is 4.62. The Kier molecular flexibility index (Phi) is 5.09. The molecule has 0 atom stereocenters. The number of nitrogens with zero attached hydrogens (tertiary/aromatic N) is 6. The van der Waals surface area contributed by atoms with E-state index in [1.165, 1.54) is 11.3 Å². The quantitative estimate of drug-likeness (QED) is 0.749. The van der Waals surface area contributed by atoms with Crippen LogP contribution in [0.2, 0.25) is 0 Å². The lowest BCUT2D eigenvalue weighted by Crippen LogP contribution is -2.47. The van der Waals surface area contributed by atoms with Gasteiger partial charge in [0.05, 0.1) is 18.4 Å². The van der Waals surface area contributed by atoms with Crippen LogP contribution in [0.15, 0.2) is 54.9 Å². The zero-order chi connectivity index (χ0) is 18.5. The predicted octanol–water partition coefficient (Wildman–Crippen LogP) is 2.51. The van der Waals surface area contributed by atoms with Crippen LogP contribution < -0.4 is 15.1 Å². The molecule has 3 aromatic rings. The Morgan fingerprint density at radius 2 is 1.85 bits per heavy atom. The van der Waals surface area contributed by atoms with Crippen LogP contribution in [0, 0.1) is 6.92 Å². The number of nitrogens with one attached hydrogen (secondary N) is 1. The van der Waals surface area contributed by atoms with E-state index in [1.54, 1.807) is 12.4 Å². The lowest BCUT2D eigenvalue weighted by atomic mass is 10.2. The summed E-state index contributed by atoms with van der Waals surface area (Å²) in [5, 5.41) is 11.6. The van der Waals surface area contributed by atoms with E-state index in [0.29, 0.717) is 18.3 Å². The summed E-state index contributed by atoms with van der Waals surface area (Å²) in [7, 11) is 0. The van der Waals surface area contributed by atoms with E-state index in [4.69, 9.17) is 0 Å². The molecular weight excluding hydrogens is 338 g/mol. The molecule has 1 saturated heterocycles. The summed E-state index contributed by atoms with van der Waals surface area (Å²) in [5.41, 5.74) is 3.53. The van der Waals surface area contributed by atoms with E-state index >= 15 is 0 Å². The van der Waals surface area contributed by atoms with Gasteiger partial charge < -0.3 is 15.1 Å². The van der Waals surface area contributed by atoms with E-state index in [2.05, 4.69) is 66.5 Å². The van der Waals surface area contributed by atoms with Gasteiger partial charge in [-0.3, -0.25) is 4.98 Å². The van der Waals surface area contributed by atoms with Gasteiger partial charge in [0, 0.05) is 38.1 Å². The van der Waals surface area contributed by atoms with Crippen molar-refractivity contribution >= 4 is 17.5 Å². The highest BCUT2D eigenvalue weighted by Crippen LogP contribution is 2.19. The first-order valence-corrected chi connectivity index (χ1v) is 9.18. The van der Waals surface area contributed by atoms with Crippen molar-refractivity contribution < 1.29 is 0 Å². The number of hydrogen-bond donors (Lipinski definition) is 1. The minimum absolute atomic E-state index is 0.611. The fourth-order valence-corrected chi connectivity index (χ4v) is 3.19. The predicted molar refractivity (Wildman–Crippen MR) is 107 cm³/mol. The van der Waals surface area contributed by atoms with Crippen molar-refractivity contribution in [2.24, 2.45) is 0 Å². The van der Waals surface area contributed by atoms with Crippen LogP contribution in [0.5, 0.6) is 0 Å². The van der Waals surface area contributed by atoms with E-state index in [0.717, 1.165) is 31.9 Å². The maximum Gasteiger partial charge on any atom is 0.247 e. The van der Waals surface area contributed by atoms with E-state index in [9.17, 15) is 0 Å². The van der Waals surface area contributed by atoms with Crippen LogP contribution in [0.1, 0.15) is 11.3 Å². The van der Waals surface area contributed by atoms with Crippen molar-refractivity contribution in [3.8, 4) is 0 Å². The monoisotopic (exact) mass is 361 g/mol. The number of anilines is 3. The van der Waals surface area contributed by atoms with Gasteiger partial charge in [-0.1, -0.05) is 18.2 Å². The summed E-state index contributed by atoms with van der Waals surface area (Å²) in [6, 6.07) is 14.5. The minimum Gasteiger partial charge on any atom is -0.368 e. The maximum absolute atomic E-state index is 4.62. The van der Waals surface area contributed by atoms with E-state index < -0.39 is 0 Å². The molecule has 0 saturated carbocycles. The number of piperazine rings is 1. The Morgan fingerprint density at radius 3 is 2.63 bits per heavy atom. The van der Waals surface area contributed by atoms with Gasteiger partial charge in [0.25, 0.3) is 0 Å². The van der Waals surface area contributed by atoms with Crippen molar-refractivity contribution in [2.45, 2.75) is 13.5 Å². The van der Waals surface area contributed by atoms with E-state index in [1.807, 2.05) is 18.2 Å². The zero-order valence-electron chi connectivity index (χ0n) is 15.4. The summed E-state index contributed by atoms with van der Waals surface area (Å²) >= 11 is 0. The SMILES string of the molecule is Cc1cccc(N2CCN(c3nncc(NCc4ccccn4)n3)CC2)c1. The summed E-state index contributed by atoms with van der Waals surface area (Å²) in [5.74, 6) is 1.39. The van der Waals surface area contributed by atoms with Gasteiger partial charge >= 0.3 is 0 Å². The highest BCUT2D eigenvalue weighted by atomic mass is 15.4. The molecule has 0 spiro atoms. The fourth-order valence-electron chi connectivity index (χ4n) is 3.19. The van der Waals surface area contributed by atoms with Gasteiger partial charge in [-0.25, -0.2) is 0 Å². The Morgan fingerprint density at radius 1 is 1.00 bits per heavy atom. The molecule has 4 rings (SSSR count). The van der Waals surface area contributed by atoms with Crippen LogP contribution in [-0.4, -0.2) is 46.3 Å². The summed E-state index contributed by atoms with van der Waals surface area (Å²) in [6.45, 7) is 6.37. The largest absolute Gasteiger partial charge is 0.368 e. The van der Waals surface area contributed by atoms with Crippen molar-refractivity contribution in [3.05, 3.63) is 66.1 Å². The highest BCUT2D eigenvalue weighted by molar-refractivity contribution is 5.50. The average molecular weight is 361 g/mol. The van der Waals surface area contributed by atoms with Gasteiger partial charge in [0.1, 0.15) is 0 Å². The molecule has 1 aromatic carbocycles. The topological polar surface area (TPSA) is 70.1 Å². The standard InChI is InChI=1S/C20H23N7/c1-16-5-4-7-18(13-16)26-9-11-27(12-10-26)20-24-19(15-23-25-20)22-14-17-6-2-3-8-21-17/h2-8,13,15H,9-12,14H2,1H3,(H,22,24,25). The molecule has 1 aliphatic rings. The third-order valence-corrected chi connectivity index (χ3v) is 4.65. The van der Waals surface area contributed by atoms with Crippen LogP contribution in [0.4, 0.5) is 17.5 Å². The second kappa shape index (κ2) is 7.99. The normalized spacial score (nSPS) is 14.3. The number of aryl methyl sites for hydroxylation is 1. The molecule has 1 N–H and O–H groups in total. The Hall–Kier alpha value is -3.22. The highest BCUT2D eigenvalue weighted by Gasteiger charge is 2.20. The van der Waals surface area contributed by atoms with Crippen LogP contribution >= 0.6 is 0 Å². The van der Waals surface area contributed by atoms with Gasteiger partial charge in [0.2, 0.25) is 5.95 Å². The minimum atomic E-state index is 0.611. The Bertz CT molecular complexity index is 876. The number of aromatic nitrogens is 4. The summed E-state index contributed by atoms with van der Waals surface area (Å²) < 4.78 is 0. The fraction of sp³-hybridized carbons (Fsp3) is 0.300. The number of pyridine rings is 1. The first-order chi connectivity index (χ1) is 13.3. The first-order valence-electron chi connectivity index (χ1n) is 9.18. The molecule has 0 radical (unpaired) electrons. The Balaban J connectivity index is 1.37. The molecule has 138 valence electrons. The third-order valence-electron chi connectivity index (χ3n) is 4.65. The molecule has 27 heavy (non-hydrogen) atoms. The molecule has 0 aliphatic carbocycles. The van der Waals surface area contributed by atoms with Crippen molar-refractivity contribution in [1.29, 1.82) is 0 Å². The van der Waals surface area contributed by atoms with Crippen LogP contribution in [0.3, 0.4) is 0 Å². The molecule has 0 amide bonds. The molecular formula is C20H23N7. The van der Waals surface area contributed by atoms with Crippen molar-refractivity contribution in [3.63, 3.8) is 0 Å². The summed E-state index contributed by atoms with van der Waals surface area (Å²) in [6.07, 6.45) is 3.43. The third kappa shape index (κ3) is 4.31. The van der Waals surface area contributed by atoms with Crippen molar-refractivity contribution in [1.82, 2.24) is 20.2 Å². The average Bonchev–Trinajstić information content (AvgIpc) is 2.73. The molecule has 7 nitrogen and oxygen atoms in total. The molecule has 3 heterocycles. The number of rotatable bonds is 5. The van der Waals surface area contributed by atoms with Crippen LogP contribution in [0.25, 0.3) is 0 Å². The van der Waals surface area contributed by atoms with Gasteiger partial charge in [-0.05, 0) is 36.8 Å². The molecule has 1 aliphatic heterocycles. The second-order valence-electron chi connectivity index (χ2n) is 6.63. The number of benzene rings is 1. The molecule has 2 aromatic heterocycles. The molecule has 0 bridgehead atoms. The van der Waals surface area contributed by atoms with Gasteiger partial charge in [-0.15, -0.1) is 5.10 Å². The molecule has 1 fully saturated rings. The summed E-state index contributed by atoms with van der Waals surface area (Å²) in [4.78, 5) is 13.5. The lowest BCUT2D eigenvalue weighted by Gasteiger charge is -2.36. The Labute approximate surface area is 159 Å². The lowest BCUT2D eigenvalue weighted by molar-refractivity contribution is 0.635. The van der Waals surface area contributed by atoms with Crippen LogP contribution in [-0.2, 0) is 6.54 Å². The molecule has 0 unspecified atom stereocenters. The number of hydrogen-bond acceptors (Lipinski definition) is 7. The van der Waals surface area contributed by atoms with Gasteiger partial charge in [-0.2, -0.15) is 10.1 Å². The smallest absolute Gasteiger partial charge is 0.247 e. The van der Waals surface area contributed by atoms with Gasteiger partial charge in [0.15, 0.2) is 5.82 Å². The second-order valence-corrected chi connectivity index (χ2v) is 6.63. The van der Waals surface area contributed by atoms with E-state index in [-0.39, 0.29) is 0 Å². The van der Waals surface area contributed by atoms with Crippen molar-refractivity contribution in [2.75, 3.05) is 41.3 Å². The first kappa shape index (κ1) is 17.2.